The van der Waals surface area contributed by atoms with Gasteiger partial charge in [-0.1, -0.05) is 41.9 Å². The Labute approximate surface area is 239 Å². The highest BCUT2D eigenvalue weighted by molar-refractivity contribution is 6.33. The van der Waals surface area contributed by atoms with E-state index in [0.29, 0.717) is 66.2 Å². The van der Waals surface area contributed by atoms with Gasteiger partial charge >= 0.3 is 0 Å². The van der Waals surface area contributed by atoms with Crippen molar-refractivity contribution in [2.45, 2.75) is 65.4 Å². The van der Waals surface area contributed by atoms with Crippen LogP contribution in [0.2, 0.25) is 5.02 Å². The van der Waals surface area contributed by atoms with Crippen molar-refractivity contribution in [1.82, 2.24) is 19.9 Å². The molecular formula is C31H37ClN4O4. The summed E-state index contributed by atoms with van der Waals surface area (Å²) >= 11 is 6.63. The lowest BCUT2D eigenvalue weighted by Crippen LogP contribution is -2.48. The maximum absolute atomic E-state index is 12.6. The third-order valence-corrected chi connectivity index (χ3v) is 8.30. The summed E-state index contributed by atoms with van der Waals surface area (Å²) in [6, 6.07) is 10.5. The number of Topliss-reactive ketones (excluding diaryl/α,β-unsaturated/α-hetero) is 1. The molecular weight excluding hydrogens is 528 g/mol. The number of benzene rings is 1. The van der Waals surface area contributed by atoms with Crippen LogP contribution >= 0.6 is 11.6 Å². The summed E-state index contributed by atoms with van der Waals surface area (Å²) < 4.78 is 6.12. The van der Waals surface area contributed by atoms with Crippen molar-refractivity contribution >= 4 is 40.0 Å². The number of aliphatic hydroxyl groups is 1. The molecule has 40 heavy (non-hydrogen) atoms. The number of halogens is 1. The van der Waals surface area contributed by atoms with Crippen LogP contribution in [0.3, 0.4) is 0 Å². The van der Waals surface area contributed by atoms with Gasteiger partial charge < -0.3 is 24.5 Å². The van der Waals surface area contributed by atoms with Gasteiger partial charge in [0.05, 0.1) is 28.3 Å². The van der Waals surface area contributed by atoms with Crippen molar-refractivity contribution in [1.29, 1.82) is 0 Å². The van der Waals surface area contributed by atoms with E-state index in [4.69, 9.17) is 21.3 Å². The van der Waals surface area contributed by atoms with Crippen LogP contribution in [0.4, 0.5) is 0 Å². The molecule has 1 fully saturated rings. The molecule has 1 saturated heterocycles. The first-order chi connectivity index (χ1) is 19.1. The number of allylic oxidation sites excluding steroid dienone is 2. The molecule has 1 unspecified atom stereocenters. The standard InChI is InChI=1S/C31H37ClN4O4/c1-19(38)16-20-4-6-21(7-5-20)22-8-10-23(11-9-22)27-25(32)17-26-28(34-27)35-30(33-26)40-24-12-14-36(15-13-24)29(39)31(2,3)18-37/h6,8-11,17,20,24,37H,4-5,7,12-16,18H2,1-3H3,(H,33,34,35). The van der Waals surface area contributed by atoms with Gasteiger partial charge in [-0.05, 0) is 63.2 Å². The predicted molar refractivity (Wildman–Crippen MR) is 156 cm³/mol. The number of nitrogens with one attached hydrogen (secondary N) is 1. The van der Waals surface area contributed by atoms with E-state index in [0.717, 1.165) is 24.8 Å². The Morgan fingerprint density at radius 1 is 1.12 bits per heavy atom. The third kappa shape index (κ3) is 6.23. The van der Waals surface area contributed by atoms with Crippen LogP contribution in [0.15, 0.2) is 36.4 Å². The molecule has 0 bridgehead atoms. The second-order valence-electron chi connectivity index (χ2n) is 11.7. The number of rotatable bonds is 8. The number of carbonyl (C=O) groups excluding carboxylic acids is 2. The van der Waals surface area contributed by atoms with Crippen LogP contribution in [-0.2, 0) is 9.59 Å². The van der Waals surface area contributed by atoms with Crippen molar-refractivity contribution in [3.8, 4) is 17.3 Å². The number of ether oxygens (including phenoxy) is 1. The van der Waals surface area contributed by atoms with Crippen LogP contribution in [-0.4, -0.2) is 62.4 Å². The number of H-pyrrole nitrogens is 1. The molecule has 1 atom stereocenters. The Balaban J connectivity index is 1.24. The Morgan fingerprint density at radius 2 is 1.82 bits per heavy atom. The van der Waals surface area contributed by atoms with Gasteiger partial charge in [0.1, 0.15) is 11.9 Å². The molecule has 1 amide bonds. The van der Waals surface area contributed by atoms with E-state index in [2.05, 4.69) is 28.2 Å². The number of pyridine rings is 1. The zero-order valence-corrected chi connectivity index (χ0v) is 24.1. The highest BCUT2D eigenvalue weighted by Crippen LogP contribution is 2.34. The Bertz CT molecular complexity index is 1420. The van der Waals surface area contributed by atoms with E-state index < -0.39 is 5.41 Å². The molecule has 0 spiro atoms. The number of ketones is 1. The quantitative estimate of drug-likeness (QED) is 0.356. The molecule has 212 valence electrons. The number of nitrogens with zero attached hydrogens (tertiary/aromatic N) is 3. The molecule has 2 aromatic heterocycles. The molecule has 9 heteroatoms. The highest BCUT2D eigenvalue weighted by Gasteiger charge is 2.34. The van der Waals surface area contributed by atoms with E-state index in [1.54, 1.807) is 25.7 Å². The van der Waals surface area contributed by atoms with E-state index >= 15 is 0 Å². The summed E-state index contributed by atoms with van der Waals surface area (Å²) in [4.78, 5) is 38.3. The molecule has 8 nitrogen and oxygen atoms in total. The van der Waals surface area contributed by atoms with Crippen LogP contribution in [0.1, 0.15) is 64.9 Å². The number of aromatic nitrogens is 3. The fourth-order valence-electron chi connectivity index (χ4n) is 5.57. The summed E-state index contributed by atoms with van der Waals surface area (Å²) in [5.74, 6) is 0.685. The predicted octanol–water partition coefficient (Wildman–Crippen LogP) is 5.83. The number of amides is 1. The maximum atomic E-state index is 12.6. The molecule has 3 aromatic rings. The molecule has 2 aliphatic rings. The normalized spacial score (nSPS) is 18.6. The number of fused-ring (bicyclic) bond motifs is 1. The second-order valence-corrected chi connectivity index (χ2v) is 12.1. The minimum absolute atomic E-state index is 0.0367. The first-order valence-electron chi connectivity index (χ1n) is 14.1. The second kappa shape index (κ2) is 11.7. The summed E-state index contributed by atoms with van der Waals surface area (Å²) in [6.45, 7) is 6.16. The molecule has 3 heterocycles. The fraction of sp³-hybridized carbons (Fsp3) is 0.484. The average molecular weight is 565 g/mol. The smallest absolute Gasteiger partial charge is 0.296 e. The van der Waals surface area contributed by atoms with Gasteiger partial charge in [-0.25, -0.2) is 4.98 Å². The lowest BCUT2D eigenvalue weighted by molar-refractivity contribution is -0.144. The lowest BCUT2D eigenvalue weighted by atomic mass is 9.84. The Kier molecular flexibility index (Phi) is 8.29. The van der Waals surface area contributed by atoms with Gasteiger partial charge in [0.25, 0.3) is 6.01 Å². The number of hydrogen-bond donors (Lipinski definition) is 2. The van der Waals surface area contributed by atoms with Crippen molar-refractivity contribution in [3.05, 3.63) is 47.0 Å². The first-order valence-corrected chi connectivity index (χ1v) is 14.4. The zero-order valence-electron chi connectivity index (χ0n) is 23.4. The minimum atomic E-state index is -0.775. The zero-order chi connectivity index (χ0) is 28.4. The van der Waals surface area contributed by atoms with Gasteiger partial charge in [-0.15, -0.1) is 0 Å². The van der Waals surface area contributed by atoms with E-state index in [1.165, 1.54) is 11.1 Å². The summed E-state index contributed by atoms with van der Waals surface area (Å²) in [6.07, 6.45) is 7.20. The number of likely N-dealkylation sites (tertiary alicyclic amines) is 1. The molecule has 5 rings (SSSR count). The number of carbonyl (C=O) groups is 2. The summed E-state index contributed by atoms with van der Waals surface area (Å²) in [5, 5.41) is 10.0. The van der Waals surface area contributed by atoms with E-state index in [9.17, 15) is 14.7 Å². The average Bonchev–Trinajstić information content (AvgIpc) is 3.33. The molecule has 1 aliphatic carbocycles. The van der Waals surface area contributed by atoms with Crippen LogP contribution in [0.5, 0.6) is 6.01 Å². The topological polar surface area (TPSA) is 108 Å². The van der Waals surface area contributed by atoms with Gasteiger partial charge in [-0.3, -0.25) is 4.79 Å². The molecule has 2 N–H and O–H groups in total. The number of aliphatic hydroxyl groups excluding tert-OH is 1. The molecule has 1 aliphatic heterocycles. The Morgan fingerprint density at radius 3 is 2.45 bits per heavy atom. The van der Waals surface area contributed by atoms with Crippen LogP contribution < -0.4 is 4.74 Å². The highest BCUT2D eigenvalue weighted by atomic mass is 35.5. The number of piperidine rings is 1. The molecule has 0 radical (unpaired) electrons. The molecule has 1 aromatic carbocycles. The lowest BCUT2D eigenvalue weighted by Gasteiger charge is -2.36. The maximum Gasteiger partial charge on any atom is 0.296 e. The van der Waals surface area contributed by atoms with Gasteiger partial charge in [0.2, 0.25) is 5.91 Å². The van der Waals surface area contributed by atoms with Crippen molar-refractivity contribution in [2.75, 3.05) is 19.7 Å². The monoisotopic (exact) mass is 564 g/mol. The third-order valence-electron chi connectivity index (χ3n) is 8.01. The van der Waals surface area contributed by atoms with Gasteiger partial charge in [-0.2, -0.15) is 4.98 Å². The minimum Gasteiger partial charge on any atom is -0.461 e. The van der Waals surface area contributed by atoms with Crippen molar-refractivity contribution in [2.24, 2.45) is 11.3 Å². The van der Waals surface area contributed by atoms with Crippen molar-refractivity contribution < 1.29 is 19.4 Å². The number of imidazole rings is 1. The largest absolute Gasteiger partial charge is 0.461 e. The SMILES string of the molecule is CC(=O)CC1CC=C(c2ccc(-c3nc4nc(OC5CCN(C(=O)C(C)(C)CO)CC5)[nH]c4cc3Cl)cc2)CC1. The van der Waals surface area contributed by atoms with E-state index in [1.807, 2.05) is 18.2 Å². The number of aromatic amines is 1. The molecule has 0 saturated carbocycles. The number of hydrogen-bond acceptors (Lipinski definition) is 6. The van der Waals surface area contributed by atoms with Crippen molar-refractivity contribution in [3.63, 3.8) is 0 Å². The Hall–Kier alpha value is -3.23. The van der Waals surface area contributed by atoms with Crippen LogP contribution in [0, 0.1) is 11.3 Å². The summed E-state index contributed by atoms with van der Waals surface area (Å²) in [5.41, 5.74) is 4.54. The summed E-state index contributed by atoms with van der Waals surface area (Å²) in [7, 11) is 0. The fourth-order valence-corrected chi connectivity index (χ4v) is 5.83. The van der Waals surface area contributed by atoms with Gasteiger partial charge in [0, 0.05) is 37.9 Å². The van der Waals surface area contributed by atoms with Gasteiger partial charge in [0.15, 0.2) is 5.65 Å². The van der Waals surface area contributed by atoms with E-state index in [-0.39, 0.29) is 24.4 Å². The first kappa shape index (κ1) is 28.3. The van der Waals surface area contributed by atoms with Crippen LogP contribution in [0.25, 0.3) is 28.0 Å².